The van der Waals surface area contributed by atoms with Crippen LogP contribution in [-0.4, -0.2) is 24.0 Å². The SMILES string of the molecule is CCCCCCCCNc1ccc(C(O)(C(F)(F)F)C(F)(F)F)cc1. The molecule has 0 unspecified atom stereocenters. The summed E-state index contributed by atoms with van der Waals surface area (Å²) in [6.45, 7) is 2.69. The fourth-order valence-corrected chi connectivity index (χ4v) is 2.46. The Hall–Kier alpha value is -1.44. The molecule has 8 heteroatoms. The van der Waals surface area contributed by atoms with Gasteiger partial charge in [-0.15, -0.1) is 0 Å². The van der Waals surface area contributed by atoms with Crippen molar-refractivity contribution >= 4 is 5.69 Å². The number of anilines is 1. The van der Waals surface area contributed by atoms with Crippen molar-refractivity contribution in [2.45, 2.75) is 63.4 Å². The molecular formula is C17H23F6NO. The van der Waals surface area contributed by atoms with E-state index < -0.39 is 23.5 Å². The summed E-state index contributed by atoms with van der Waals surface area (Å²) in [7, 11) is 0. The van der Waals surface area contributed by atoms with Crippen LogP contribution in [0.4, 0.5) is 32.0 Å². The normalized spacial score (nSPS) is 13.1. The van der Waals surface area contributed by atoms with Crippen LogP contribution in [0.1, 0.15) is 51.0 Å². The minimum Gasteiger partial charge on any atom is -0.385 e. The van der Waals surface area contributed by atoms with Gasteiger partial charge in [0.25, 0.3) is 5.60 Å². The van der Waals surface area contributed by atoms with Gasteiger partial charge in [-0.2, -0.15) is 26.3 Å². The molecule has 0 spiro atoms. The van der Waals surface area contributed by atoms with Crippen molar-refractivity contribution < 1.29 is 31.4 Å². The molecule has 0 fully saturated rings. The molecule has 0 heterocycles. The highest BCUT2D eigenvalue weighted by Crippen LogP contribution is 2.50. The number of nitrogens with one attached hydrogen (secondary N) is 1. The molecule has 1 aromatic carbocycles. The van der Waals surface area contributed by atoms with Gasteiger partial charge in [0.15, 0.2) is 0 Å². The maximum atomic E-state index is 12.8. The number of alkyl halides is 6. The molecule has 0 saturated heterocycles. The van der Waals surface area contributed by atoms with Crippen LogP contribution in [0.2, 0.25) is 0 Å². The predicted molar refractivity (Wildman–Crippen MR) is 84.3 cm³/mol. The Balaban J connectivity index is 2.66. The molecule has 0 saturated carbocycles. The summed E-state index contributed by atoms with van der Waals surface area (Å²) >= 11 is 0. The van der Waals surface area contributed by atoms with Gasteiger partial charge in [-0.3, -0.25) is 0 Å². The third-order valence-corrected chi connectivity index (χ3v) is 3.98. The number of unbranched alkanes of at least 4 members (excludes halogenated alkanes) is 5. The molecule has 0 atom stereocenters. The van der Waals surface area contributed by atoms with E-state index in [0.717, 1.165) is 44.2 Å². The van der Waals surface area contributed by atoms with Crippen LogP contribution in [-0.2, 0) is 5.60 Å². The Morgan fingerprint density at radius 3 is 1.76 bits per heavy atom. The quantitative estimate of drug-likeness (QED) is 0.427. The van der Waals surface area contributed by atoms with Crippen LogP contribution in [0, 0.1) is 0 Å². The summed E-state index contributed by atoms with van der Waals surface area (Å²) in [6, 6.07) is 3.50. The van der Waals surface area contributed by atoms with Gasteiger partial charge in [-0.25, -0.2) is 0 Å². The molecule has 25 heavy (non-hydrogen) atoms. The van der Waals surface area contributed by atoms with Crippen LogP contribution in [0.5, 0.6) is 0 Å². The fraction of sp³-hybridized carbons (Fsp3) is 0.647. The standard InChI is InChI=1S/C17H23F6NO/c1-2-3-4-5-6-7-12-24-14-10-8-13(9-11-14)15(25,16(18,19)20)17(21,22)23/h8-11,24-25H,2-7,12H2,1H3. The van der Waals surface area contributed by atoms with E-state index in [1.165, 1.54) is 6.42 Å². The van der Waals surface area contributed by atoms with Crippen LogP contribution < -0.4 is 5.32 Å². The molecule has 1 rings (SSSR count). The van der Waals surface area contributed by atoms with Crippen molar-refractivity contribution in [1.29, 1.82) is 0 Å². The molecule has 1 aromatic rings. The van der Waals surface area contributed by atoms with Gasteiger partial charge in [0.05, 0.1) is 0 Å². The average molecular weight is 371 g/mol. The highest BCUT2D eigenvalue weighted by Gasteiger charge is 2.71. The molecule has 144 valence electrons. The minimum atomic E-state index is -5.86. The van der Waals surface area contributed by atoms with E-state index in [0.29, 0.717) is 24.4 Å². The van der Waals surface area contributed by atoms with Gasteiger partial charge < -0.3 is 10.4 Å². The second-order valence-electron chi connectivity index (χ2n) is 5.98. The Labute approximate surface area is 143 Å². The second kappa shape index (κ2) is 8.78. The molecule has 0 radical (unpaired) electrons. The molecule has 2 nitrogen and oxygen atoms in total. The Bertz CT molecular complexity index is 495. The van der Waals surface area contributed by atoms with Crippen molar-refractivity contribution in [2.75, 3.05) is 11.9 Å². The van der Waals surface area contributed by atoms with Gasteiger partial charge >= 0.3 is 12.4 Å². The summed E-state index contributed by atoms with van der Waals surface area (Å²) in [5.74, 6) is 0. The summed E-state index contributed by atoms with van der Waals surface area (Å²) in [5, 5.41) is 12.2. The van der Waals surface area contributed by atoms with Gasteiger partial charge in [0, 0.05) is 17.8 Å². The molecule has 0 bridgehead atoms. The zero-order chi connectivity index (χ0) is 19.1. The minimum absolute atomic E-state index is 0.406. The topological polar surface area (TPSA) is 32.3 Å². The summed E-state index contributed by atoms with van der Waals surface area (Å²) in [5.41, 5.74) is -5.72. The number of hydrogen-bond acceptors (Lipinski definition) is 2. The molecule has 0 aromatic heterocycles. The average Bonchev–Trinajstić information content (AvgIpc) is 2.51. The molecular weight excluding hydrogens is 348 g/mol. The highest BCUT2D eigenvalue weighted by atomic mass is 19.4. The Kier molecular flexibility index (Phi) is 7.59. The van der Waals surface area contributed by atoms with Crippen molar-refractivity contribution in [3.05, 3.63) is 29.8 Å². The van der Waals surface area contributed by atoms with E-state index in [-0.39, 0.29) is 0 Å². The van der Waals surface area contributed by atoms with Crippen LogP contribution in [0.3, 0.4) is 0 Å². The number of hydrogen-bond donors (Lipinski definition) is 2. The largest absolute Gasteiger partial charge is 0.430 e. The van der Waals surface area contributed by atoms with Gasteiger partial charge in [0.1, 0.15) is 0 Å². The zero-order valence-corrected chi connectivity index (χ0v) is 14.0. The highest BCUT2D eigenvalue weighted by molar-refractivity contribution is 5.46. The van der Waals surface area contributed by atoms with Gasteiger partial charge in [0.2, 0.25) is 0 Å². The lowest BCUT2D eigenvalue weighted by Gasteiger charge is -2.32. The summed E-state index contributed by atoms with van der Waals surface area (Å²) < 4.78 is 76.7. The molecule has 0 amide bonds. The maximum Gasteiger partial charge on any atom is 0.430 e. The lowest BCUT2D eigenvalue weighted by atomic mass is 9.92. The van der Waals surface area contributed by atoms with Crippen molar-refractivity contribution in [2.24, 2.45) is 0 Å². The zero-order valence-electron chi connectivity index (χ0n) is 14.0. The van der Waals surface area contributed by atoms with Gasteiger partial charge in [-0.1, -0.05) is 51.2 Å². The first-order chi connectivity index (χ1) is 11.5. The number of aliphatic hydroxyl groups is 1. The van der Waals surface area contributed by atoms with Crippen molar-refractivity contribution in [1.82, 2.24) is 0 Å². The van der Waals surface area contributed by atoms with E-state index in [2.05, 4.69) is 12.2 Å². The molecule has 0 aliphatic carbocycles. The third kappa shape index (κ3) is 5.52. The number of halogens is 6. The van der Waals surface area contributed by atoms with E-state index in [4.69, 9.17) is 0 Å². The monoisotopic (exact) mass is 371 g/mol. The maximum absolute atomic E-state index is 12.8. The van der Waals surface area contributed by atoms with Crippen LogP contribution >= 0.6 is 0 Å². The summed E-state index contributed by atoms with van der Waals surface area (Å²) in [6.07, 6.45) is -5.29. The second-order valence-corrected chi connectivity index (χ2v) is 5.98. The predicted octanol–water partition coefficient (Wildman–Crippen LogP) is 5.77. The third-order valence-electron chi connectivity index (χ3n) is 3.98. The summed E-state index contributed by atoms with van der Waals surface area (Å²) in [4.78, 5) is 0. The fourth-order valence-electron chi connectivity index (χ4n) is 2.46. The number of benzene rings is 1. The first kappa shape index (κ1) is 21.6. The molecule has 0 aliphatic rings. The number of rotatable bonds is 9. The lowest BCUT2D eigenvalue weighted by Crippen LogP contribution is -2.53. The van der Waals surface area contributed by atoms with Crippen LogP contribution in [0.25, 0.3) is 0 Å². The van der Waals surface area contributed by atoms with Gasteiger partial charge in [-0.05, 0) is 18.6 Å². The molecule has 0 aliphatic heterocycles. The van der Waals surface area contributed by atoms with Crippen LogP contribution in [0.15, 0.2) is 24.3 Å². The first-order valence-corrected chi connectivity index (χ1v) is 8.24. The van der Waals surface area contributed by atoms with E-state index in [1.54, 1.807) is 0 Å². The first-order valence-electron chi connectivity index (χ1n) is 8.24. The smallest absolute Gasteiger partial charge is 0.385 e. The molecule has 2 N–H and O–H groups in total. The lowest BCUT2D eigenvalue weighted by molar-refractivity contribution is -0.376. The Morgan fingerprint density at radius 2 is 1.28 bits per heavy atom. The van der Waals surface area contributed by atoms with E-state index in [1.807, 2.05) is 0 Å². The van der Waals surface area contributed by atoms with E-state index in [9.17, 15) is 31.4 Å². The Morgan fingerprint density at radius 1 is 0.800 bits per heavy atom. The van der Waals surface area contributed by atoms with E-state index >= 15 is 0 Å². The van der Waals surface area contributed by atoms with Crippen molar-refractivity contribution in [3.8, 4) is 0 Å². The van der Waals surface area contributed by atoms with Crippen molar-refractivity contribution in [3.63, 3.8) is 0 Å².